The third-order valence-electron chi connectivity index (χ3n) is 2.22. The number of halogens is 1. The summed E-state index contributed by atoms with van der Waals surface area (Å²) in [7, 11) is 0. The van der Waals surface area contributed by atoms with Crippen molar-refractivity contribution in [1.82, 2.24) is 0 Å². The van der Waals surface area contributed by atoms with Crippen molar-refractivity contribution in [3.8, 4) is 11.8 Å². The third-order valence-corrected chi connectivity index (χ3v) is 2.84. The lowest BCUT2D eigenvalue weighted by atomic mass is 10.2. The molecule has 1 aliphatic heterocycles. The lowest BCUT2D eigenvalue weighted by molar-refractivity contribution is 0.189. The molecule has 0 spiro atoms. The Bertz CT molecular complexity index is 483. The number of nitriles is 1. The van der Waals surface area contributed by atoms with Gasteiger partial charge in [0.1, 0.15) is 6.07 Å². The van der Waals surface area contributed by atoms with Gasteiger partial charge in [-0.05, 0) is 28.1 Å². The summed E-state index contributed by atoms with van der Waals surface area (Å²) in [5.74, 6) is 0.391. The summed E-state index contributed by atoms with van der Waals surface area (Å²) in [6.07, 6.45) is -1.87. The number of para-hydroxylation sites is 1. The Labute approximate surface area is 100.0 Å². The van der Waals surface area contributed by atoms with E-state index in [4.69, 9.17) is 15.1 Å². The maximum atomic E-state index is 11.0. The van der Waals surface area contributed by atoms with E-state index in [0.29, 0.717) is 15.9 Å². The molecule has 0 radical (unpaired) electrons. The molecule has 0 saturated carbocycles. The second-order valence-electron chi connectivity index (χ2n) is 3.22. The highest BCUT2D eigenvalue weighted by atomic mass is 79.9. The lowest BCUT2D eigenvalue weighted by Gasteiger charge is -2.30. The standard InChI is InChI=1S/C10H7BrN2O3/c11-7-2-1-3-8-9(7)16-6(4-12)5-13(8)10(14)15/h1-3,6H,5H2,(H,14,15). The molecule has 1 N–H and O–H groups in total. The van der Waals surface area contributed by atoms with Gasteiger partial charge in [0.15, 0.2) is 5.75 Å². The number of carbonyl (C=O) groups is 1. The Balaban J connectivity index is 2.51. The summed E-state index contributed by atoms with van der Waals surface area (Å²) < 4.78 is 6.01. The number of nitrogens with zero attached hydrogens (tertiary/aromatic N) is 2. The molecule has 1 atom stereocenters. The van der Waals surface area contributed by atoms with Crippen molar-refractivity contribution in [3.63, 3.8) is 0 Å². The van der Waals surface area contributed by atoms with Gasteiger partial charge in [0.05, 0.1) is 16.7 Å². The molecule has 2 rings (SSSR count). The molecule has 1 heterocycles. The van der Waals surface area contributed by atoms with Crippen molar-refractivity contribution in [3.05, 3.63) is 22.7 Å². The number of ether oxygens (including phenoxy) is 1. The SMILES string of the molecule is N#CC1CN(C(=O)O)c2cccc(Br)c2O1. The van der Waals surface area contributed by atoms with E-state index in [1.54, 1.807) is 18.2 Å². The average Bonchev–Trinajstić information content (AvgIpc) is 2.28. The van der Waals surface area contributed by atoms with Gasteiger partial charge in [-0.15, -0.1) is 0 Å². The van der Waals surface area contributed by atoms with E-state index in [9.17, 15) is 4.79 Å². The smallest absolute Gasteiger partial charge is 0.412 e. The zero-order valence-electron chi connectivity index (χ0n) is 8.05. The quantitative estimate of drug-likeness (QED) is 0.792. The van der Waals surface area contributed by atoms with Crippen LogP contribution in [-0.4, -0.2) is 23.8 Å². The van der Waals surface area contributed by atoms with Gasteiger partial charge < -0.3 is 9.84 Å². The van der Waals surface area contributed by atoms with Crippen LogP contribution in [0, 0.1) is 11.3 Å². The highest BCUT2D eigenvalue weighted by Gasteiger charge is 2.30. The van der Waals surface area contributed by atoms with Crippen LogP contribution in [0.4, 0.5) is 10.5 Å². The molecular formula is C10H7BrN2O3. The van der Waals surface area contributed by atoms with E-state index in [2.05, 4.69) is 15.9 Å². The van der Waals surface area contributed by atoms with E-state index < -0.39 is 12.2 Å². The number of benzene rings is 1. The number of amides is 1. The molecule has 5 nitrogen and oxygen atoms in total. The fourth-order valence-electron chi connectivity index (χ4n) is 1.52. The zero-order chi connectivity index (χ0) is 11.7. The number of carboxylic acid groups (broad SMARTS) is 1. The lowest BCUT2D eigenvalue weighted by Crippen LogP contribution is -2.42. The van der Waals surface area contributed by atoms with Crippen LogP contribution in [0.1, 0.15) is 0 Å². The predicted molar refractivity (Wildman–Crippen MR) is 59.5 cm³/mol. The van der Waals surface area contributed by atoms with E-state index in [-0.39, 0.29) is 6.54 Å². The van der Waals surface area contributed by atoms with Crippen LogP contribution < -0.4 is 9.64 Å². The second-order valence-corrected chi connectivity index (χ2v) is 4.07. The average molecular weight is 283 g/mol. The van der Waals surface area contributed by atoms with Crippen LogP contribution in [0.5, 0.6) is 5.75 Å². The fourth-order valence-corrected chi connectivity index (χ4v) is 1.97. The van der Waals surface area contributed by atoms with Gasteiger partial charge in [0.25, 0.3) is 0 Å². The molecule has 1 aliphatic rings. The summed E-state index contributed by atoms with van der Waals surface area (Å²) in [5.41, 5.74) is 0.452. The maximum absolute atomic E-state index is 11.0. The van der Waals surface area contributed by atoms with Gasteiger partial charge in [-0.2, -0.15) is 5.26 Å². The van der Waals surface area contributed by atoms with E-state index >= 15 is 0 Å². The van der Waals surface area contributed by atoms with Gasteiger partial charge in [-0.1, -0.05) is 6.07 Å². The first-order valence-corrected chi connectivity index (χ1v) is 5.28. The minimum absolute atomic E-state index is 0.0231. The summed E-state index contributed by atoms with van der Waals surface area (Å²) in [4.78, 5) is 12.1. The zero-order valence-corrected chi connectivity index (χ0v) is 9.64. The van der Waals surface area contributed by atoms with Crippen LogP contribution in [0.2, 0.25) is 0 Å². The van der Waals surface area contributed by atoms with Crippen molar-refractivity contribution in [2.24, 2.45) is 0 Å². The van der Waals surface area contributed by atoms with Gasteiger partial charge in [0, 0.05) is 0 Å². The van der Waals surface area contributed by atoms with Crippen molar-refractivity contribution < 1.29 is 14.6 Å². The molecule has 0 fully saturated rings. The summed E-state index contributed by atoms with van der Waals surface area (Å²) >= 11 is 3.26. The highest BCUT2D eigenvalue weighted by Crippen LogP contribution is 2.39. The van der Waals surface area contributed by atoms with E-state index in [1.807, 2.05) is 6.07 Å². The fraction of sp³-hybridized carbons (Fsp3) is 0.200. The van der Waals surface area contributed by atoms with Crippen molar-refractivity contribution in [1.29, 1.82) is 5.26 Å². The second kappa shape index (κ2) is 4.02. The van der Waals surface area contributed by atoms with Crippen molar-refractivity contribution >= 4 is 27.7 Å². The minimum atomic E-state index is -1.09. The van der Waals surface area contributed by atoms with Gasteiger partial charge >= 0.3 is 6.09 Å². The summed E-state index contributed by atoms with van der Waals surface area (Å²) in [6, 6.07) is 7.00. The molecule has 1 aromatic rings. The molecule has 0 aromatic heterocycles. The Kier molecular flexibility index (Phi) is 2.71. The molecule has 1 unspecified atom stereocenters. The molecule has 0 saturated heterocycles. The first-order chi connectivity index (χ1) is 7.63. The van der Waals surface area contributed by atoms with Crippen LogP contribution in [0.15, 0.2) is 22.7 Å². The molecule has 82 valence electrons. The largest absolute Gasteiger partial charge is 0.470 e. The first-order valence-electron chi connectivity index (χ1n) is 4.48. The molecular weight excluding hydrogens is 276 g/mol. The van der Waals surface area contributed by atoms with Crippen LogP contribution in [-0.2, 0) is 0 Å². The van der Waals surface area contributed by atoms with Gasteiger partial charge in [0.2, 0.25) is 6.10 Å². The Morgan fingerprint density at radius 2 is 2.44 bits per heavy atom. The number of hydrogen-bond acceptors (Lipinski definition) is 3. The molecule has 1 aromatic carbocycles. The molecule has 0 bridgehead atoms. The molecule has 0 aliphatic carbocycles. The van der Waals surface area contributed by atoms with Crippen LogP contribution in [0.25, 0.3) is 0 Å². The van der Waals surface area contributed by atoms with Gasteiger partial charge in [-0.3, -0.25) is 4.90 Å². The maximum Gasteiger partial charge on any atom is 0.412 e. The summed E-state index contributed by atoms with van der Waals surface area (Å²) in [5, 5.41) is 17.8. The highest BCUT2D eigenvalue weighted by molar-refractivity contribution is 9.10. The van der Waals surface area contributed by atoms with E-state index in [0.717, 1.165) is 4.90 Å². The number of anilines is 1. The Morgan fingerprint density at radius 3 is 3.06 bits per heavy atom. The number of rotatable bonds is 0. The van der Waals surface area contributed by atoms with Crippen molar-refractivity contribution in [2.75, 3.05) is 11.4 Å². The molecule has 6 heteroatoms. The minimum Gasteiger partial charge on any atom is -0.470 e. The van der Waals surface area contributed by atoms with E-state index in [1.165, 1.54) is 0 Å². The topological polar surface area (TPSA) is 73.6 Å². The number of hydrogen-bond donors (Lipinski definition) is 1. The summed E-state index contributed by atoms with van der Waals surface area (Å²) in [6.45, 7) is 0.0231. The molecule has 1 amide bonds. The monoisotopic (exact) mass is 282 g/mol. The number of fused-ring (bicyclic) bond motifs is 1. The van der Waals surface area contributed by atoms with Gasteiger partial charge in [-0.25, -0.2) is 4.79 Å². The normalized spacial score (nSPS) is 18.2. The van der Waals surface area contributed by atoms with Crippen LogP contribution in [0.3, 0.4) is 0 Å². The predicted octanol–water partition coefficient (Wildman–Crippen LogP) is 2.22. The first kappa shape index (κ1) is 10.8. The van der Waals surface area contributed by atoms with Crippen molar-refractivity contribution in [2.45, 2.75) is 6.10 Å². The molecule has 16 heavy (non-hydrogen) atoms. The Hall–Kier alpha value is -1.74. The third kappa shape index (κ3) is 1.70. The Morgan fingerprint density at radius 1 is 1.69 bits per heavy atom. The van der Waals surface area contributed by atoms with Crippen LogP contribution >= 0.6 is 15.9 Å².